The number of benzene rings is 3. The number of rotatable bonds is 9. The fourth-order valence-corrected chi connectivity index (χ4v) is 5.05. The minimum absolute atomic E-state index is 0.0252. The Hall–Kier alpha value is -2.68. The summed E-state index contributed by atoms with van der Waals surface area (Å²) in [6, 6.07) is 20.4. The van der Waals surface area contributed by atoms with Crippen LogP contribution >= 0.6 is 23.4 Å². The first-order valence-corrected chi connectivity index (χ1v) is 12.2. The third-order valence-electron chi connectivity index (χ3n) is 4.22. The summed E-state index contributed by atoms with van der Waals surface area (Å²) in [6.45, 7) is 0.438. The normalized spacial score (nSPS) is 11.0. The second-order valence-corrected chi connectivity index (χ2v) is 9.62. The molecule has 0 aliphatic carbocycles. The maximum Gasteiger partial charge on any atom is 0.263 e. The molecule has 0 aliphatic heterocycles. The topological polar surface area (TPSA) is 84.5 Å². The van der Waals surface area contributed by atoms with Crippen LogP contribution in [0.15, 0.2) is 82.6 Å². The second-order valence-electron chi connectivity index (χ2n) is 6.40. The lowest BCUT2D eigenvalue weighted by atomic mass is 10.2. The third-order valence-corrected chi connectivity index (χ3v) is 7.10. The summed E-state index contributed by atoms with van der Waals surface area (Å²) in [5.74, 6) is 0.921. The van der Waals surface area contributed by atoms with Crippen LogP contribution in [0.5, 0.6) is 5.75 Å². The summed E-state index contributed by atoms with van der Waals surface area (Å²) in [7, 11) is -2.46. The van der Waals surface area contributed by atoms with E-state index in [-0.39, 0.29) is 21.4 Å². The molecule has 1 amide bonds. The molecule has 0 saturated heterocycles. The predicted octanol–water partition coefficient (Wildman–Crippen LogP) is 4.67. The lowest BCUT2D eigenvalue weighted by Crippen LogP contribution is -2.26. The van der Waals surface area contributed by atoms with E-state index >= 15 is 0 Å². The van der Waals surface area contributed by atoms with Crippen LogP contribution in [0.3, 0.4) is 0 Å². The van der Waals surface area contributed by atoms with Gasteiger partial charge in [-0.1, -0.05) is 29.8 Å². The van der Waals surface area contributed by atoms with Crippen molar-refractivity contribution in [2.45, 2.75) is 9.79 Å². The van der Waals surface area contributed by atoms with E-state index in [1.165, 1.54) is 25.3 Å². The maximum absolute atomic E-state index is 12.8. The smallest absolute Gasteiger partial charge is 0.263 e. The number of hydrogen-bond donors (Lipinski definition) is 2. The van der Waals surface area contributed by atoms with Gasteiger partial charge in [0.2, 0.25) is 0 Å². The number of halogens is 1. The van der Waals surface area contributed by atoms with Crippen LogP contribution in [-0.2, 0) is 10.0 Å². The molecule has 0 aliphatic rings. The Bertz CT molecular complexity index is 1140. The van der Waals surface area contributed by atoms with Gasteiger partial charge in [0.1, 0.15) is 10.6 Å². The molecule has 3 aromatic carbocycles. The van der Waals surface area contributed by atoms with E-state index in [0.717, 1.165) is 4.90 Å². The molecule has 0 bridgehead atoms. The Balaban J connectivity index is 1.65. The van der Waals surface area contributed by atoms with Gasteiger partial charge in [-0.15, -0.1) is 11.8 Å². The number of methoxy groups -OCH3 is 1. The zero-order chi connectivity index (χ0) is 22.3. The maximum atomic E-state index is 12.8. The lowest BCUT2D eigenvalue weighted by Gasteiger charge is -2.12. The van der Waals surface area contributed by atoms with Crippen LogP contribution in [0.1, 0.15) is 10.4 Å². The summed E-state index contributed by atoms with van der Waals surface area (Å²) >= 11 is 7.74. The van der Waals surface area contributed by atoms with Gasteiger partial charge in [0.25, 0.3) is 15.9 Å². The van der Waals surface area contributed by atoms with Gasteiger partial charge in [-0.2, -0.15) is 0 Å². The number of nitrogens with one attached hydrogen (secondary N) is 2. The molecular weight excluding hydrogens is 456 g/mol. The number of sulfonamides is 1. The molecule has 0 radical (unpaired) electrons. The SMILES string of the molecule is COc1ccc(NS(=O)(=O)c2cc(C(=O)NCCSc3ccccc3)ccc2Cl)cc1. The van der Waals surface area contributed by atoms with E-state index in [1.807, 2.05) is 30.3 Å². The average molecular weight is 477 g/mol. The van der Waals surface area contributed by atoms with Crippen molar-refractivity contribution in [1.82, 2.24) is 5.32 Å². The Morgan fingerprint density at radius 3 is 2.42 bits per heavy atom. The van der Waals surface area contributed by atoms with Crippen molar-refractivity contribution in [2.75, 3.05) is 24.1 Å². The van der Waals surface area contributed by atoms with Gasteiger partial charge in [0.15, 0.2) is 0 Å². The van der Waals surface area contributed by atoms with Gasteiger partial charge >= 0.3 is 0 Å². The third kappa shape index (κ3) is 6.40. The standard InChI is InChI=1S/C22H21ClN2O4S2/c1-29-18-10-8-17(9-11-18)25-31(27,28)21-15-16(7-12-20(21)23)22(26)24-13-14-30-19-5-3-2-4-6-19/h2-12,15,25H,13-14H2,1H3,(H,24,26). The van der Waals surface area contributed by atoms with Crippen molar-refractivity contribution in [3.05, 3.63) is 83.4 Å². The highest BCUT2D eigenvalue weighted by molar-refractivity contribution is 7.99. The molecule has 3 rings (SSSR count). The molecule has 9 heteroatoms. The van der Waals surface area contributed by atoms with Gasteiger partial charge < -0.3 is 10.1 Å². The van der Waals surface area contributed by atoms with Crippen LogP contribution in [-0.4, -0.2) is 33.7 Å². The van der Waals surface area contributed by atoms with E-state index < -0.39 is 10.0 Å². The Morgan fingerprint density at radius 2 is 1.74 bits per heavy atom. The fraction of sp³-hybridized carbons (Fsp3) is 0.136. The van der Waals surface area contributed by atoms with Crippen LogP contribution in [0.2, 0.25) is 5.02 Å². The summed E-state index contributed by atoms with van der Waals surface area (Å²) in [4.78, 5) is 13.4. The summed E-state index contributed by atoms with van der Waals surface area (Å²) in [5, 5.41) is 2.82. The molecule has 2 N–H and O–H groups in total. The molecule has 0 spiro atoms. The van der Waals surface area contributed by atoms with Gasteiger partial charge in [-0.3, -0.25) is 9.52 Å². The Morgan fingerprint density at radius 1 is 1.03 bits per heavy atom. The number of amides is 1. The van der Waals surface area contributed by atoms with E-state index in [0.29, 0.717) is 23.7 Å². The largest absolute Gasteiger partial charge is 0.497 e. The fourth-order valence-electron chi connectivity index (χ4n) is 2.67. The van der Waals surface area contributed by atoms with Gasteiger partial charge in [0.05, 0.1) is 12.1 Å². The Labute approximate surface area is 191 Å². The minimum atomic E-state index is -3.99. The molecule has 162 valence electrons. The van der Waals surface area contributed by atoms with Crippen LogP contribution in [0.25, 0.3) is 0 Å². The Kier molecular flexibility index (Phi) is 7.84. The molecule has 0 atom stereocenters. The predicted molar refractivity (Wildman–Crippen MR) is 125 cm³/mol. The molecule has 3 aromatic rings. The van der Waals surface area contributed by atoms with Crippen molar-refractivity contribution in [3.63, 3.8) is 0 Å². The second kappa shape index (κ2) is 10.6. The molecule has 0 heterocycles. The van der Waals surface area contributed by atoms with Crippen LogP contribution in [0, 0.1) is 0 Å². The number of anilines is 1. The first-order chi connectivity index (χ1) is 14.9. The molecule has 6 nitrogen and oxygen atoms in total. The highest BCUT2D eigenvalue weighted by Crippen LogP contribution is 2.26. The van der Waals surface area contributed by atoms with E-state index in [4.69, 9.17) is 16.3 Å². The molecular formula is C22H21ClN2O4S2. The van der Waals surface area contributed by atoms with Crippen LogP contribution in [0.4, 0.5) is 5.69 Å². The van der Waals surface area contributed by atoms with Gasteiger partial charge in [-0.05, 0) is 54.6 Å². The highest BCUT2D eigenvalue weighted by Gasteiger charge is 2.20. The van der Waals surface area contributed by atoms with Gasteiger partial charge in [0, 0.05) is 28.4 Å². The van der Waals surface area contributed by atoms with Crippen molar-refractivity contribution in [2.24, 2.45) is 0 Å². The minimum Gasteiger partial charge on any atom is -0.497 e. The zero-order valence-corrected chi connectivity index (χ0v) is 19.1. The van der Waals surface area contributed by atoms with E-state index in [9.17, 15) is 13.2 Å². The van der Waals surface area contributed by atoms with Crippen molar-refractivity contribution >= 4 is 45.0 Å². The number of thioether (sulfide) groups is 1. The summed E-state index contributed by atoms with van der Waals surface area (Å²) < 4.78 is 33.1. The number of hydrogen-bond acceptors (Lipinski definition) is 5. The molecule has 0 fully saturated rings. The number of carbonyl (C=O) groups excluding carboxylic acids is 1. The quantitative estimate of drug-likeness (QED) is 0.346. The molecule has 0 unspecified atom stereocenters. The highest BCUT2D eigenvalue weighted by atomic mass is 35.5. The summed E-state index contributed by atoms with van der Waals surface area (Å²) in [6.07, 6.45) is 0. The first-order valence-electron chi connectivity index (χ1n) is 9.31. The van der Waals surface area contributed by atoms with E-state index in [1.54, 1.807) is 36.0 Å². The van der Waals surface area contributed by atoms with Crippen molar-refractivity contribution in [1.29, 1.82) is 0 Å². The van der Waals surface area contributed by atoms with Crippen molar-refractivity contribution < 1.29 is 17.9 Å². The molecule has 0 aromatic heterocycles. The first kappa shape index (κ1) is 23.0. The van der Waals surface area contributed by atoms with E-state index in [2.05, 4.69) is 10.0 Å². The average Bonchev–Trinajstić information content (AvgIpc) is 2.77. The monoisotopic (exact) mass is 476 g/mol. The zero-order valence-electron chi connectivity index (χ0n) is 16.7. The summed E-state index contributed by atoms with van der Waals surface area (Å²) in [5.41, 5.74) is 0.564. The van der Waals surface area contributed by atoms with Gasteiger partial charge in [-0.25, -0.2) is 8.42 Å². The number of ether oxygens (including phenoxy) is 1. The van der Waals surface area contributed by atoms with Crippen molar-refractivity contribution in [3.8, 4) is 5.75 Å². The number of carbonyl (C=O) groups is 1. The molecule has 31 heavy (non-hydrogen) atoms. The lowest BCUT2D eigenvalue weighted by molar-refractivity contribution is 0.0956. The van der Waals surface area contributed by atoms with Crippen LogP contribution < -0.4 is 14.8 Å². The molecule has 0 saturated carbocycles.